The van der Waals surface area contributed by atoms with Crippen LogP contribution in [0.4, 0.5) is 0 Å². The Balaban J connectivity index is 1.06. The van der Waals surface area contributed by atoms with Crippen molar-refractivity contribution in [2.45, 2.75) is 0 Å². The number of para-hydroxylation sites is 2. The molecule has 0 unspecified atom stereocenters. The molecule has 0 spiro atoms. The van der Waals surface area contributed by atoms with Gasteiger partial charge in [-0.15, -0.1) is 0 Å². The summed E-state index contributed by atoms with van der Waals surface area (Å²) in [5.74, 6) is 0.601. The molecule has 5 heteroatoms. The van der Waals surface area contributed by atoms with Crippen molar-refractivity contribution in [1.82, 2.24) is 9.55 Å². The summed E-state index contributed by atoms with van der Waals surface area (Å²) in [6, 6.07) is 64.4. The number of fused-ring (bicyclic) bond motifs is 3. The van der Waals surface area contributed by atoms with Crippen molar-refractivity contribution >= 4 is 39.7 Å². The highest BCUT2D eigenvalue weighted by Gasteiger charge is 2.16. The largest absolute Gasteiger partial charge is 0.309 e. The predicted molar refractivity (Wildman–Crippen MR) is 229 cm³/mol. The number of aromatic nitrogens is 2. The van der Waals surface area contributed by atoms with Crippen LogP contribution in [0.1, 0.15) is 16.7 Å². The molecule has 1 N–H and O–H groups in total. The van der Waals surface area contributed by atoms with Crippen LogP contribution >= 0.6 is 0 Å². The van der Waals surface area contributed by atoms with E-state index in [9.17, 15) is 0 Å². The highest BCUT2D eigenvalue weighted by molar-refractivity contribution is 6.16. The lowest BCUT2D eigenvalue weighted by molar-refractivity contribution is 1.18. The Kier molecular flexibility index (Phi) is 9.01. The first-order chi connectivity index (χ1) is 27.2. The fourth-order valence-corrected chi connectivity index (χ4v) is 7.22. The third-order valence-electron chi connectivity index (χ3n) is 9.82. The van der Waals surface area contributed by atoms with E-state index in [4.69, 9.17) is 15.4 Å². The van der Waals surface area contributed by atoms with Gasteiger partial charge in [0.25, 0.3) is 0 Å². The van der Waals surface area contributed by atoms with Crippen molar-refractivity contribution in [3.05, 3.63) is 217 Å². The van der Waals surface area contributed by atoms with Crippen LogP contribution in [0, 0.1) is 5.41 Å². The lowest BCUT2D eigenvalue weighted by Crippen LogP contribution is -2.04. The second kappa shape index (κ2) is 14.9. The Hall–Kier alpha value is -7.50. The van der Waals surface area contributed by atoms with Crippen molar-refractivity contribution in [2.24, 2.45) is 9.98 Å². The van der Waals surface area contributed by atoms with E-state index in [0.29, 0.717) is 11.4 Å². The Morgan fingerprint density at radius 3 is 1.98 bits per heavy atom. The molecule has 0 aliphatic heterocycles. The van der Waals surface area contributed by atoms with E-state index >= 15 is 0 Å². The van der Waals surface area contributed by atoms with Gasteiger partial charge in [-0.2, -0.15) is 0 Å². The fraction of sp³-hybridized carbons (Fsp3) is 0. The van der Waals surface area contributed by atoms with Gasteiger partial charge in [0, 0.05) is 51.8 Å². The van der Waals surface area contributed by atoms with Crippen molar-refractivity contribution in [2.75, 3.05) is 0 Å². The van der Waals surface area contributed by atoms with Gasteiger partial charge in [0.05, 0.1) is 11.0 Å². The van der Waals surface area contributed by atoms with Crippen molar-refractivity contribution in [1.29, 1.82) is 5.41 Å². The van der Waals surface area contributed by atoms with E-state index < -0.39 is 0 Å². The molecule has 9 rings (SSSR count). The minimum atomic E-state index is 0.136. The molecular formula is C50H35N5. The molecule has 9 aromatic rings. The summed E-state index contributed by atoms with van der Waals surface area (Å²) in [6.07, 6.45) is 5.43. The molecule has 55 heavy (non-hydrogen) atoms. The van der Waals surface area contributed by atoms with Crippen LogP contribution in [0.15, 0.2) is 210 Å². The summed E-state index contributed by atoms with van der Waals surface area (Å²) in [5, 5.41) is 11.6. The zero-order chi connectivity index (χ0) is 37.0. The number of benzene rings is 7. The van der Waals surface area contributed by atoms with Crippen LogP contribution in [0.25, 0.3) is 60.9 Å². The number of pyridine rings is 1. The third-order valence-corrected chi connectivity index (χ3v) is 9.82. The second-order valence-corrected chi connectivity index (χ2v) is 13.3. The lowest BCUT2D eigenvalue weighted by atomic mass is 9.95. The molecule has 0 atom stereocenters. The number of rotatable bonds is 7. The Morgan fingerprint density at radius 2 is 1.16 bits per heavy atom. The van der Waals surface area contributed by atoms with Crippen LogP contribution in [0.2, 0.25) is 0 Å². The molecule has 260 valence electrons. The molecule has 0 saturated heterocycles. The molecule has 0 radical (unpaired) electrons. The zero-order valence-electron chi connectivity index (χ0n) is 29.9. The molecule has 0 bridgehead atoms. The summed E-state index contributed by atoms with van der Waals surface area (Å²) in [5.41, 5.74) is 12.4. The van der Waals surface area contributed by atoms with Gasteiger partial charge >= 0.3 is 0 Å². The monoisotopic (exact) mass is 705 g/mol. The summed E-state index contributed by atoms with van der Waals surface area (Å²) in [7, 11) is 0. The topological polar surface area (TPSA) is 66.4 Å². The van der Waals surface area contributed by atoms with Crippen LogP contribution in [0.3, 0.4) is 0 Å². The minimum Gasteiger partial charge on any atom is -0.309 e. The number of hydrogen-bond acceptors (Lipinski definition) is 2. The van der Waals surface area contributed by atoms with E-state index in [1.54, 1.807) is 12.4 Å². The summed E-state index contributed by atoms with van der Waals surface area (Å²) >= 11 is 0. The van der Waals surface area contributed by atoms with Crippen molar-refractivity contribution < 1.29 is 0 Å². The third kappa shape index (κ3) is 6.78. The molecule has 2 heterocycles. The molecule has 2 aromatic heterocycles. The van der Waals surface area contributed by atoms with Crippen LogP contribution < -0.4 is 0 Å². The maximum atomic E-state index is 9.14. The molecule has 0 saturated carbocycles. The second-order valence-electron chi connectivity index (χ2n) is 13.3. The van der Waals surface area contributed by atoms with Crippen molar-refractivity contribution in [3.8, 4) is 39.1 Å². The van der Waals surface area contributed by atoms with Gasteiger partial charge in [-0.3, -0.25) is 10.4 Å². The zero-order valence-corrected chi connectivity index (χ0v) is 29.9. The fourth-order valence-electron chi connectivity index (χ4n) is 7.22. The molecule has 0 amide bonds. The van der Waals surface area contributed by atoms with E-state index in [2.05, 4.69) is 125 Å². The molecule has 7 aromatic carbocycles. The molecule has 0 aliphatic carbocycles. The molecule has 5 nitrogen and oxygen atoms in total. The number of amidine groups is 2. The van der Waals surface area contributed by atoms with Gasteiger partial charge in [0.1, 0.15) is 0 Å². The summed E-state index contributed by atoms with van der Waals surface area (Å²) in [4.78, 5) is 13.9. The number of aliphatic imine (C=N–C) groups is 2. The quantitative estimate of drug-likeness (QED) is 0.130. The average molecular weight is 706 g/mol. The smallest absolute Gasteiger partial charge is 0.161 e. The van der Waals surface area contributed by atoms with Gasteiger partial charge in [-0.1, -0.05) is 140 Å². The predicted octanol–water partition coefficient (Wildman–Crippen LogP) is 12.1. The number of hydrogen-bond donors (Lipinski definition) is 1. The van der Waals surface area contributed by atoms with Gasteiger partial charge in [-0.05, 0) is 81.9 Å². The van der Waals surface area contributed by atoms with Gasteiger partial charge < -0.3 is 4.57 Å². The van der Waals surface area contributed by atoms with Crippen LogP contribution in [-0.4, -0.2) is 27.4 Å². The van der Waals surface area contributed by atoms with E-state index in [1.807, 2.05) is 79.0 Å². The lowest BCUT2D eigenvalue weighted by Gasteiger charge is -2.10. The summed E-state index contributed by atoms with van der Waals surface area (Å²) in [6.45, 7) is 0. The Bertz CT molecular complexity index is 2870. The van der Waals surface area contributed by atoms with Gasteiger partial charge in [-0.25, -0.2) is 9.98 Å². The normalized spacial score (nSPS) is 11.7. The number of nitrogens with zero attached hydrogens (tertiary/aromatic N) is 4. The van der Waals surface area contributed by atoms with Gasteiger partial charge in [0.2, 0.25) is 0 Å². The Labute approximate surface area is 319 Å². The van der Waals surface area contributed by atoms with Crippen LogP contribution in [-0.2, 0) is 0 Å². The van der Waals surface area contributed by atoms with Crippen molar-refractivity contribution in [3.63, 3.8) is 0 Å². The first-order valence-corrected chi connectivity index (χ1v) is 18.3. The van der Waals surface area contributed by atoms with E-state index in [-0.39, 0.29) is 5.84 Å². The van der Waals surface area contributed by atoms with E-state index in [0.717, 1.165) is 44.6 Å². The average Bonchev–Trinajstić information content (AvgIpc) is 3.61. The SMILES string of the molecule is N=C(N=C(N=Cc1cccc(-c2cccnc2)c1)c1ccccc1)c1cccc(-c2cccc(-c3cccc4c3c3ccccc3n4-c3ccccc3)c2)c1. The van der Waals surface area contributed by atoms with E-state index in [1.165, 1.54) is 27.4 Å². The first-order valence-electron chi connectivity index (χ1n) is 18.3. The molecule has 0 aliphatic rings. The standard InChI is InChI=1S/C50H35N5/c51-49(54-50(36-15-3-1-4-16-36)53-33-35-14-9-17-37(30-35)42-22-13-29-52-34-42)41-21-11-19-39(32-41)38-18-10-20-40(31-38)44-26-12-28-47-48(44)45-25-7-8-27-46(45)55(47)43-23-5-2-6-24-43/h1-34,51H. The first kappa shape index (κ1) is 33.3. The Morgan fingerprint density at radius 1 is 0.527 bits per heavy atom. The maximum Gasteiger partial charge on any atom is 0.161 e. The number of nitrogens with one attached hydrogen (secondary N) is 1. The minimum absolute atomic E-state index is 0.136. The summed E-state index contributed by atoms with van der Waals surface area (Å²) < 4.78 is 2.35. The maximum absolute atomic E-state index is 9.14. The highest BCUT2D eigenvalue weighted by atomic mass is 15.0. The highest BCUT2D eigenvalue weighted by Crippen LogP contribution is 2.39. The van der Waals surface area contributed by atoms with Gasteiger partial charge in [0.15, 0.2) is 11.7 Å². The molecule has 0 fully saturated rings. The van der Waals surface area contributed by atoms with Crippen LogP contribution in [0.5, 0.6) is 0 Å². The molecular weight excluding hydrogens is 671 g/mol.